The van der Waals surface area contributed by atoms with Crippen molar-refractivity contribution in [2.45, 2.75) is 19.5 Å². The van der Waals surface area contributed by atoms with Crippen molar-refractivity contribution in [3.05, 3.63) is 103 Å². The van der Waals surface area contributed by atoms with Crippen LogP contribution in [-0.4, -0.2) is 25.2 Å². The molecule has 0 aliphatic rings. The Morgan fingerprint density at radius 3 is 2.47 bits per heavy atom. The van der Waals surface area contributed by atoms with E-state index >= 15 is 0 Å². The van der Waals surface area contributed by atoms with Gasteiger partial charge in [-0.3, -0.25) is 4.79 Å². The van der Waals surface area contributed by atoms with Crippen LogP contribution in [0.25, 0.3) is 22.2 Å². The Hall–Kier alpha value is -4.19. The Bertz CT molecular complexity index is 1320. The van der Waals surface area contributed by atoms with Crippen molar-refractivity contribution < 1.29 is 4.79 Å². The van der Waals surface area contributed by atoms with Gasteiger partial charge in [-0.05, 0) is 35.4 Å². The van der Waals surface area contributed by atoms with Crippen LogP contribution in [0.15, 0.2) is 97.6 Å². The van der Waals surface area contributed by atoms with Crippen molar-refractivity contribution in [1.82, 2.24) is 19.3 Å². The maximum Gasteiger partial charge on any atom is 0.226 e. The molecule has 2 aromatic heterocycles. The van der Waals surface area contributed by atoms with E-state index in [-0.39, 0.29) is 5.91 Å². The van der Waals surface area contributed by atoms with Crippen LogP contribution < -0.4 is 5.32 Å². The molecule has 0 aliphatic carbocycles. The van der Waals surface area contributed by atoms with E-state index in [2.05, 4.69) is 50.3 Å². The van der Waals surface area contributed by atoms with Crippen LogP contribution in [-0.2, 0) is 17.9 Å². The standard InChI is InChI=1S/C26H23N5O/c32-26(29-23-12-10-20(11-13-23)17-30-19-27-18-28-30)14-15-31-24-9-5-4-8-22(24)16-25(31)21-6-2-1-3-7-21/h1-13,16,18-19H,14-15,17H2,(H,29,32). The zero-order valence-corrected chi connectivity index (χ0v) is 17.6. The molecule has 3 aromatic carbocycles. The van der Waals surface area contributed by atoms with E-state index in [1.807, 2.05) is 54.6 Å². The molecule has 0 bridgehead atoms. The van der Waals surface area contributed by atoms with E-state index in [0.29, 0.717) is 19.5 Å². The van der Waals surface area contributed by atoms with E-state index in [9.17, 15) is 4.79 Å². The molecule has 0 unspecified atom stereocenters. The molecule has 0 spiro atoms. The number of carbonyl (C=O) groups excluding carboxylic acids is 1. The molecule has 158 valence electrons. The summed E-state index contributed by atoms with van der Waals surface area (Å²) >= 11 is 0. The summed E-state index contributed by atoms with van der Waals surface area (Å²) in [5, 5.41) is 8.30. The summed E-state index contributed by atoms with van der Waals surface area (Å²) in [6, 6.07) is 28.6. The average molecular weight is 422 g/mol. The summed E-state index contributed by atoms with van der Waals surface area (Å²) in [6.45, 7) is 1.26. The third kappa shape index (κ3) is 4.30. The number of hydrogen-bond acceptors (Lipinski definition) is 3. The van der Waals surface area contributed by atoms with Crippen LogP contribution >= 0.6 is 0 Å². The van der Waals surface area contributed by atoms with Crippen LogP contribution in [0.4, 0.5) is 5.69 Å². The second-order valence-electron chi connectivity index (χ2n) is 7.69. The number of fused-ring (bicyclic) bond motifs is 1. The van der Waals surface area contributed by atoms with Gasteiger partial charge in [0.15, 0.2) is 0 Å². The molecule has 5 aromatic rings. The Kier molecular flexibility index (Phi) is 5.49. The second-order valence-corrected chi connectivity index (χ2v) is 7.69. The Morgan fingerprint density at radius 2 is 1.69 bits per heavy atom. The van der Waals surface area contributed by atoms with Crippen molar-refractivity contribution >= 4 is 22.5 Å². The fraction of sp³-hybridized carbons (Fsp3) is 0.115. The summed E-state index contributed by atoms with van der Waals surface area (Å²) < 4.78 is 3.99. The summed E-state index contributed by atoms with van der Waals surface area (Å²) in [5.74, 6) is -0.00850. The molecule has 0 saturated carbocycles. The molecule has 5 rings (SSSR count). The first-order valence-electron chi connectivity index (χ1n) is 10.6. The van der Waals surface area contributed by atoms with E-state index < -0.39 is 0 Å². The minimum absolute atomic E-state index is 0.00850. The van der Waals surface area contributed by atoms with Gasteiger partial charge in [0, 0.05) is 35.2 Å². The molecule has 6 heteroatoms. The van der Waals surface area contributed by atoms with Gasteiger partial charge < -0.3 is 9.88 Å². The number of carbonyl (C=O) groups is 1. The molecule has 0 radical (unpaired) electrons. The number of rotatable bonds is 7. The van der Waals surface area contributed by atoms with Gasteiger partial charge in [-0.1, -0.05) is 60.7 Å². The number of aryl methyl sites for hydroxylation is 1. The zero-order chi connectivity index (χ0) is 21.8. The van der Waals surface area contributed by atoms with Crippen LogP contribution in [0.5, 0.6) is 0 Å². The first-order valence-corrected chi connectivity index (χ1v) is 10.6. The SMILES string of the molecule is O=C(CCn1c(-c2ccccc2)cc2ccccc21)Nc1ccc(Cn2cncn2)cc1. The highest BCUT2D eigenvalue weighted by atomic mass is 16.1. The highest BCUT2D eigenvalue weighted by Gasteiger charge is 2.12. The summed E-state index contributed by atoms with van der Waals surface area (Å²) in [6.07, 6.45) is 3.59. The maximum atomic E-state index is 12.7. The monoisotopic (exact) mass is 421 g/mol. The lowest BCUT2D eigenvalue weighted by Crippen LogP contribution is -2.15. The highest BCUT2D eigenvalue weighted by molar-refractivity contribution is 5.91. The summed E-state index contributed by atoms with van der Waals surface area (Å²) in [4.78, 5) is 16.6. The maximum absolute atomic E-state index is 12.7. The van der Waals surface area contributed by atoms with Crippen molar-refractivity contribution in [3.63, 3.8) is 0 Å². The van der Waals surface area contributed by atoms with Crippen molar-refractivity contribution in [2.24, 2.45) is 0 Å². The molecular formula is C26H23N5O. The van der Waals surface area contributed by atoms with E-state index in [4.69, 9.17) is 0 Å². The quantitative estimate of drug-likeness (QED) is 0.403. The highest BCUT2D eigenvalue weighted by Crippen LogP contribution is 2.28. The average Bonchev–Trinajstić information content (AvgIpc) is 3.47. The fourth-order valence-corrected chi connectivity index (χ4v) is 3.93. The topological polar surface area (TPSA) is 64.7 Å². The molecule has 0 saturated heterocycles. The van der Waals surface area contributed by atoms with E-state index in [1.165, 1.54) is 11.7 Å². The summed E-state index contributed by atoms with van der Waals surface area (Å²) in [7, 11) is 0. The van der Waals surface area contributed by atoms with Crippen molar-refractivity contribution in [2.75, 3.05) is 5.32 Å². The number of para-hydroxylation sites is 1. The van der Waals surface area contributed by atoms with Gasteiger partial charge in [-0.2, -0.15) is 5.10 Å². The smallest absolute Gasteiger partial charge is 0.226 e. The number of nitrogens with zero attached hydrogens (tertiary/aromatic N) is 4. The molecule has 2 heterocycles. The largest absolute Gasteiger partial charge is 0.340 e. The molecule has 0 aliphatic heterocycles. The van der Waals surface area contributed by atoms with Gasteiger partial charge in [-0.15, -0.1) is 0 Å². The first-order chi connectivity index (χ1) is 15.8. The summed E-state index contributed by atoms with van der Waals surface area (Å²) in [5.41, 5.74) is 5.29. The van der Waals surface area contributed by atoms with Crippen LogP contribution in [0.1, 0.15) is 12.0 Å². The number of aromatic nitrogens is 4. The molecular weight excluding hydrogens is 398 g/mol. The lowest BCUT2D eigenvalue weighted by Gasteiger charge is -2.12. The molecule has 6 nitrogen and oxygen atoms in total. The predicted octanol–water partition coefficient (Wildman–Crippen LogP) is 4.98. The number of benzene rings is 3. The van der Waals surface area contributed by atoms with Crippen LogP contribution in [0, 0.1) is 0 Å². The van der Waals surface area contributed by atoms with Gasteiger partial charge >= 0.3 is 0 Å². The number of hydrogen-bond donors (Lipinski definition) is 1. The van der Waals surface area contributed by atoms with Gasteiger partial charge in [0.05, 0.1) is 6.54 Å². The Balaban J connectivity index is 1.28. The third-order valence-electron chi connectivity index (χ3n) is 5.49. The number of amides is 1. The first kappa shape index (κ1) is 19.8. The molecule has 1 N–H and O–H groups in total. The van der Waals surface area contributed by atoms with Crippen molar-refractivity contribution in [3.8, 4) is 11.3 Å². The second kappa shape index (κ2) is 8.89. The van der Waals surface area contributed by atoms with Crippen LogP contribution in [0.3, 0.4) is 0 Å². The molecule has 0 atom stereocenters. The number of anilines is 1. The minimum atomic E-state index is -0.00850. The molecule has 1 amide bonds. The predicted molar refractivity (Wildman–Crippen MR) is 126 cm³/mol. The minimum Gasteiger partial charge on any atom is -0.340 e. The van der Waals surface area contributed by atoms with Gasteiger partial charge in [-0.25, -0.2) is 9.67 Å². The van der Waals surface area contributed by atoms with Crippen LogP contribution in [0.2, 0.25) is 0 Å². The van der Waals surface area contributed by atoms with Gasteiger partial charge in [0.25, 0.3) is 0 Å². The van der Waals surface area contributed by atoms with E-state index in [1.54, 1.807) is 11.0 Å². The van der Waals surface area contributed by atoms with Gasteiger partial charge in [0.1, 0.15) is 12.7 Å². The molecule has 32 heavy (non-hydrogen) atoms. The Labute approximate surface area is 186 Å². The Morgan fingerprint density at radius 1 is 0.906 bits per heavy atom. The lowest BCUT2D eigenvalue weighted by atomic mass is 10.1. The lowest BCUT2D eigenvalue weighted by molar-refractivity contribution is -0.116. The van der Waals surface area contributed by atoms with Crippen molar-refractivity contribution in [1.29, 1.82) is 0 Å². The number of nitrogens with one attached hydrogen (secondary N) is 1. The van der Waals surface area contributed by atoms with E-state index in [0.717, 1.165) is 28.0 Å². The zero-order valence-electron chi connectivity index (χ0n) is 17.6. The molecule has 0 fully saturated rings. The van der Waals surface area contributed by atoms with Gasteiger partial charge in [0.2, 0.25) is 5.91 Å². The fourth-order valence-electron chi connectivity index (χ4n) is 3.93. The third-order valence-corrected chi connectivity index (χ3v) is 5.49. The normalized spacial score (nSPS) is 11.0.